The lowest BCUT2D eigenvalue weighted by molar-refractivity contribution is -0.271. The SMILES string of the molecule is CCCCC(CCCC)([C@](O)(C(=O)S)[C@@H](O)[C@H](O)[C@H](O)CO)[C@](O)(C(=O)S)[C@@H](O)[C@H](O)[C@H](O)CO. The first kappa shape index (κ1) is 34.6. The molecule has 14 heteroatoms. The highest BCUT2D eigenvalue weighted by molar-refractivity contribution is 7.97. The molecule has 0 radical (unpaired) electrons. The van der Waals surface area contributed by atoms with Gasteiger partial charge in [-0.3, -0.25) is 9.59 Å². The molecule has 0 aliphatic rings. The van der Waals surface area contributed by atoms with Crippen molar-refractivity contribution in [1.82, 2.24) is 0 Å². The molecule has 0 heterocycles. The van der Waals surface area contributed by atoms with Crippen LogP contribution in [0.2, 0.25) is 0 Å². The van der Waals surface area contributed by atoms with Gasteiger partial charge in [0.1, 0.15) is 36.6 Å². The first-order valence-electron chi connectivity index (χ1n) is 11.3. The largest absolute Gasteiger partial charge is 0.394 e. The molecule has 0 aliphatic carbocycles. The summed E-state index contributed by atoms with van der Waals surface area (Å²) in [7, 11) is 0. The van der Waals surface area contributed by atoms with Crippen molar-refractivity contribution in [2.24, 2.45) is 5.41 Å². The minimum absolute atomic E-state index is 0.0627. The van der Waals surface area contributed by atoms with E-state index in [0.29, 0.717) is 12.8 Å². The zero-order valence-electron chi connectivity index (χ0n) is 19.8. The smallest absolute Gasteiger partial charge is 0.220 e. The Bertz CT molecular complexity index is 627. The van der Waals surface area contributed by atoms with E-state index < -0.39 is 89.5 Å². The van der Waals surface area contributed by atoms with E-state index in [1.165, 1.54) is 0 Å². The summed E-state index contributed by atoms with van der Waals surface area (Å²) in [4.78, 5) is 25.7. The molecule has 0 rings (SSSR count). The van der Waals surface area contributed by atoms with Crippen LogP contribution in [0.4, 0.5) is 0 Å². The van der Waals surface area contributed by atoms with Gasteiger partial charge in [-0.15, -0.1) is 25.3 Å². The number of unbranched alkanes of at least 4 members (excludes halogenated alkanes) is 2. The van der Waals surface area contributed by atoms with Crippen LogP contribution in [0.25, 0.3) is 0 Å². The summed E-state index contributed by atoms with van der Waals surface area (Å²) < 4.78 is 0. The molecule has 0 aliphatic heterocycles. The highest BCUT2D eigenvalue weighted by atomic mass is 32.1. The van der Waals surface area contributed by atoms with Crippen LogP contribution >= 0.6 is 25.3 Å². The van der Waals surface area contributed by atoms with Crippen LogP contribution in [0, 0.1) is 5.41 Å². The predicted molar refractivity (Wildman–Crippen MR) is 130 cm³/mol. The lowest BCUT2D eigenvalue weighted by atomic mass is 9.52. The van der Waals surface area contributed by atoms with Crippen molar-refractivity contribution in [3.63, 3.8) is 0 Å². The lowest BCUT2D eigenvalue weighted by Crippen LogP contribution is -2.77. The van der Waals surface area contributed by atoms with E-state index in [-0.39, 0.29) is 12.8 Å². The third-order valence-electron chi connectivity index (χ3n) is 6.69. The molecule has 0 aromatic rings. The van der Waals surface area contributed by atoms with Crippen LogP contribution in [0.3, 0.4) is 0 Å². The van der Waals surface area contributed by atoms with E-state index >= 15 is 0 Å². The third kappa shape index (κ3) is 6.56. The zero-order chi connectivity index (χ0) is 27.8. The number of hydrogen-bond acceptors (Lipinski definition) is 12. The molecule has 208 valence electrons. The maximum Gasteiger partial charge on any atom is 0.220 e. The molecule has 0 saturated carbocycles. The molecule has 0 amide bonds. The van der Waals surface area contributed by atoms with Gasteiger partial charge in [0.2, 0.25) is 10.2 Å². The second kappa shape index (κ2) is 14.5. The summed E-state index contributed by atoms with van der Waals surface area (Å²) >= 11 is 7.28. The highest BCUT2D eigenvalue weighted by Gasteiger charge is 2.72. The number of carbonyl (C=O) groups is 2. The van der Waals surface area contributed by atoms with Crippen LogP contribution in [0.5, 0.6) is 0 Å². The summed E-state index contributed by atoms with van der Waals surface area (Å²) in [6, 6.07) is 0. The normalized spacial score (nSPS) is 21.2. The zero-order valence-corrected chi connectivity index (χ0v) is 21.6. The van der Waals surface area contributed by atoms with E-state index in [1.807, 2.05) is 0 Å². The fourth-order valence-electron chi connectivity index (χ4n) is 4.49. The van der Waals surface area contributed by atoms with E-state index in [2.05, 4.69) is 25.3 Å². The Morgan fingerprint density at radius 1 is 0.686 bits per heavy atom. The van der Waals surface area contributed by atoms with Gasteiger partial charge < -0.3 is 51.1 Å². The second-order valence-electron chi connectivity index (χ2n) is 8.80. The van der Waals surface area contributed by atoms with Crippen molar-refractivity contribution < 1.29 is 60.7 Å². The number of aliphatic hydroxyl groups is 10. The van der Waals surface area contributed by atoms with Gasteiger partial charge in [0.15, 0.2) is 11.2 Å². The Labute approximate surface area is 215 Å². The Morgan fingerprint density at radius 3 is 1.17 bits per heavy atom. The summed E-state index contributed by atoms with van der Waals surface area (Å²) in [6.45, 7) is 1.14. The fraction of sp³-hybridized carbons (Fsp3) is 0.905. The van der Waals surface area contributed by atoms with Gasteiger partial charge in [-0.05, 0) is 12.8 Å². The molecule has 12 nitrogen and oxygen atoms in total. The molecule has 10 N–H and O–H groups in total. The number of hydrogen-bond donors (Lipinski definition) is 12. The summed E-state index contributed by atoms with van der Waals surface area (Å²) in [6.07, 6.45) is -14.4. The maximum absolute atomic E-state index is 12.9. The van der Waals surface area contributed by atoms with Crippen molar-refractivity contribution in [1.29, 1.82) is 0 Å². The van der Waals surface area contributed by atoms with Gasteiger partial charge in [0.05, 0.1) is 13.2 Å². The van der Waals surface area contributed by atoms with E-state index in [0.717, 1.165) is 0 Å². The molecule has 0 aromatic carbocycles. The number of rotatable bonds is 18. The van der Waals surface area contributed by atoms with E-state index in [9.17, 15) is 60.7 Å². The van der Waals surface area contributed by atoms with Gasteiger partial charge in [-0.1, -0.05) is 39.5 Å². The van der Waals surface area contributed by atoms with Gasteiger partial charge in [-0.2, -0.15) is 0 Å². The van der Waals surface area contributed by atoms with Gasteiger partial charge in [-0.25, -0.2) is 0 Å². The fourth-order valence-corrected chi connectivity index (χ4v) is 5.19. The molecule has 0 bridgehead atoms. The maximum atomic E-state index is 12.9. The number of carbonyl (C=O) groups excluding carboxylic acids is 2. The molecule has 0 unspecified atom stereocenters. The average Bonchev–Trinajstić information content (AvgIpc) is 2.84. The minimum atomic E-state index is -3.38. The monoisotopic (exact) mass is 548 g/mol. The van der Waals surface area contributed by atoms with Crippen LogP contribution < -0.4 is 0 Å². The van der Waals surface area contributed by atoms with Crippen molar-refractivity contribution in [2.45, 2.75) is 100 Å². The predicted octanol–water partition coefficient (Wildman–Crippen LogP) is -3.12. The lowest BCUT2D eigenvalue weighted by Gasteiger charge is -2.57. The van der Waals surface area contributed by atoms with Crippen molar-refractivity contribution in [2.75, 3.05) is 13.2 Å². The minimum Gasteiger partial charge on any atom is -0.394 e. The quantitative estimate of drug-likeness (QED) is 0.0762. The van der Waals surface area contributed by atoms with Gasteiger partial charge in [0.25, 0.3) is 0 Å². The number of thiol groups is 2. The van der Waals surface area contributed by atoms with Crippen LogP contribution in [0.15, 0.2) is 0 Å². The standard InChI is InChI=1S/C21H40O12S2/c1-3-5-7-19(8-6-4-2,20(32,17(30)34)15(28)13(26)11(24)9-22)21(33,18(31)35)16(29)14(27)12(25)10-23/h11-16,22-29,32-33H,3-10H2,1-2H3,(H,30,34)(H,31,35)/t11-,12-,13-,14-,15+,16+,20-,21-/m1/s1. The Balaban J connectivity index is 7.58. The average molecular weight is 549 g/mol. The summed E-state index contributed by atoms with van der Waals surface area (Å²) in [5, 5.41) is 101. The first-order valence-corrected chi connectivity index (χ1v) is 12.2. The second-order valence-corrected chi connectivity index (χ2v) is 9.62. The molecule has 0 aromatic heterocycles. The van der Waals surface area contributed by atoms with Crippen molar-refractivity contribution in [3.8, 4) is 0 Å². The molecular weight excluding hydrogens is 508 g/mol. The summed E-state index contributed by atoms with van der Waals surface area (Å²) in [5.74, 6) is 0. The molecule has 0 fully saturated rings. The highest BCUT2D eigenvalue weighted by Crippen LogP contribution is 2.55. The van der Waals surface area contributed by atoms with Crippen molar-refractivity contribution >= 4 is 35.5 Å². The van der Waals surface area contributed by atoms with Crippen LogP contribution in [-0.4, -0.2) is 122 Å². The Hall–Kier alpha value is -0.360. The number of aliphatic hydroxyl groups excluding tert-OH is 8. The Morgan fingerprint density at radius 2 is 0.971 bits per heavy atom. The topological polar surface area (TPSA) is 236 Å². The van der Waals surface area contributed by atoms with Crippen LogP contribution in [-0.2, 0) is 9.59 Å². The first-order chi connectivity index (χ1) is 16.1. The van der Waals surface area contributed by atoms with Crippen LogP contribution in [0.1, 0.15) is 52.4 Å². The summed E-state index contributed by atoms with van der Waals surface area (Å²) in [5.41, 5.74) is -9.38. The molecular formula is C21H40O12S2. The van der Waals surface area contributed by atoms with Crippen molar-refractivity contribution in [3.05, 3.63) is 0 Å². The van der Waals surface area contributed by atoms with E-state index in [1.54, 1.807) is 13.8 Å². The molecule has 8 atom stereocenters. The molecule has 35 heavy (non-hydrogen) atoms. The molecule has 0 saturated heterocycles. The van der Waals surface area contributed by atoms with Gasteiger partial charge in [0, 0.05) is 5.41 Å². The molecule has 0 spiro atoms. The van der Waals surface area contributed by atoms with E-state index in [4.69, 9.17) is 0 Å². The Kier molecular flexibility index (Phi) is 14.4. The third-order valence-corrected chi connectivity index (χ3v) is 7.37. The van der Waals surface area contributed by atoms with Gasteiger partial charge >= 0.3 is 0 Å².